The predicted molar refractivity (Wildman–Crippen MR) is 78.4 cm³/mol. The van der Waals surface area contributed by atoms with E-state index in [4.69, 9.17) is 0 Å². The van der Waals surface area contributed by atoms with Gasteiger partial charge in [-0.25, -0.2) is 0 Å². The highest BCUT2D eigenvalue weighted by atomic mass is 127. The number of carbonyl (C=O) groups excluding carboxylic acids is 1. The van der Waals surface area contributed by atoms with Gasteiger partial charge in [-0.3, -0.25) is 9.79 Å². The summed E-state index contributed by atoms with van der Waals surface area (Å²) in [5.41, 5.74) is -1.21. The van der Waals surface area contributed by atoms with Gasteiger partial charge in [-0.1, -0.05) is 20.7 Å². The Labute approximate surface area is 121 Å². The molecule has 0 bridgehead atoms. The van der Waals surface area contributed by atoms with Gasteiger partial charge in [-0.05, 0) is 24.3 Å². The molecule has 4 nitrogen and oxygen atoms in total. The monoisotopic (exact) mass is 396 g/mol. The van der Waals surface area contributed by atoms with E-state index in [1.165, 1.54) is 12.3 Å². The SMILES string of the molecule is O=C(Nc1cc(C(F)(F)F)ccc1O)C1=IC=NC=C1. The third kappa shape index (κ3) is 3.44. The van der Waals surface area contributed by atoms with E-state index in [0.29, 0.717) is 9.58 Å². The molecule has 1 aromatic rings. The fourth-order valence-corrected chi connectivity index (χ4v) is 2.81. The highest BCUT2D eigenvalue weighted by molar-refractivity contribution is 14.2. The van der Waals surface area contributed by atoms with Gasteiger partial charge in [-0.15, -0.1) is 0 Å². The standard InChI is InChI=1S/C12H8F3IN2O2/c13-12(14,15)7-1-2-10(19)9(5-7)18-11(20)8-3-4-17-6-16-8/h1-6,19H,(H,18,20). The molecule has 1 aromatic carbocycles. The van der Waals surface area contributed by atoms with Gasteiger partial charge in [0.25, 0.3) is 5.91 Å². The molecular formula is C12H8F3IN2O2. The first kappa shape index (κ1) is 14.7. The summed E-state index contributed by atoms with van der Waals surface area (Å²) in [6, 6.07) is 2.35. The quantitative estimate of drug-likeness (QED) is 0.597. The molecule has 106 valence electrons. The van der Waals surface area contributed by atoms with Crippen molar-refractivity contribution in [2.45, 2.75) is 6.18 Å². The number of amides is 1. The number of nitrogens with zero attached hydrogens (tertiary/aromatic N) is 1. The molecule has 0 aromatic heterocycles. The molecule has 0 saturated heterocycles. The van der Waals surface area contributed by atoms with Crippen molar-refractivity contribution in [2.24, 2.45) is 4.99 Å². The number of anilines is 1. The summed E-state index contributed by atoms with van der Waals surface area (Å²) >= 11 is -0.708. The Balaban J connectivity index is 2.25. The molecule has 1 heterocycles. The number of aromatic hydroxyl groups is 1. The molecule has 0 atom stereocenters. The Hall–Kier alpha value is -1.71. The van der Waals surface area contributed by atoms with Gasteiger partial charge >= 0.3 is 6.18 Å². The third-order valence-electron chi connectivity index (χ3n) is 2.32. The number of hydrogen-bond donors (Lipinski definition) is 2. The third-order valence-corrected chi connectivity index (χ3v) is 4.44. The van der Waals surface area contributed by atoms with E-state index in [9.17, 15) is 23.1 Å². The van der Waals surface area contributed by atoms with Crippen LogP contribution in [0, 0.1) is 0 Å². The van der Waals surface area contributed by atoms with Crippen molar-refractivity contribution in [1.82, 2.24) is 0 Å². The van der Waals surface area contributed by atoms with Crippen molar-refractivity contribution >= 4 is 40.1 Å². The zero-order chi connectivity index (χ0) is 14.8. The summed E-state index contributed by atoms with van der Waals surface area (Å²) in [5, 5.41) is 11.8. The number of halogens is 4. The van der Waals surface area contributed by atoms with Crippen molar-refractivity contribution in [3.05, 3.63) is 36.0 Å². The Morgan fingerprint density at radius 2 is 2.10 bits per heavy atom. The molecular weight excluding hydrogens is 388 g/mol. The second kappa shape index (κ2) is 5.73. The molecule has 0 aliphatic carbocycles. The number of phenolic OH excluding ortho intramolecular Hbond substituents is 1. The smallest absolute Gasteiger partial charge is 0.416 e. The van der Waals surface area contributed by atoms with Gasteiger partial charge in [0.1, 0.15) is 5.75 Å². The van der Waals surface area contributed by atoms with Crippen molar-refractivity contribution in [3.8, 4) is 5.75 Å². The molecule has 8 heteroatoms. The molecule has 20 heavy (non-hydrogen) atoms. The highest BCUT2D eigenvalue weighted by Gasteiger charge is 2.31. The van der Waals surface area contributed by atoms with E-state index in [-0.39, 0.29) is 5.69 Å². The van der Waals surface area contributed by atoms with Crippen LogP contribution in [-0.2, 0) is 11.0 Å². The fraction of sp³-hybridized carbons (Fsp3) is 0.0833. The van der Waals surface area contributed by atoms with Crippen molar-refractivity contribution in [3.63, 3.8) is 0 Å². The lowest BCUT2D eigenvalue weighted by atomic mass is 10.1. The zero-order valence-corrected chi connectivity index (χ0v) is 11.9. The first-order valence-corrected chi connectivity index (χ1v) is 7.60. The Morgan fingerprint density at radius 1 is 1.35 bits per heavy atom. The molecule has 2 rings (SSSR count). The largest absolute Gasteiger partial charge is 0.506 e. The first-order valence-electron chi connectivity index (χ1n) is 5.28. The number of rotatable bonds is 2. The minimum absolute atomic E-state index is 0.266. The van der Waals surface area contributed by atoms with Crippen LogP contribution in [0.3, 0.4) is 0 Å². The van der Waals surface area contributed by atoms with Crippen LogP contribution in [0.1, 0.15) is 5.56 Å². The molecule has 0 spiro atoms. The van der Waals surface area contributed by atoms with Crippen LogP contribution in [0.15, 0.2) is 35.5 Å². The predicted octanol–water partition coefficient (Wildman–Crippen LogP) is 3.05. The Bertz CT molecular complexity index is 636. The summed E-state index contributed by atoms with van der Waals surface area (Å²) < 4.78 is 39.8. The van der Waals surface area contributed by atoms with Crippen molar-refractivity contribution in [1.29, 1.82) is 0 Å². The molecule has 0 radical (unpaired) electrons. The summed E-state index contributed by atoms with van der Waals surface area (Å²) in [7, 11) is 0. The second-order valence-corrected chi connectivity index (χ2v) is 6.05. The topological polar surface area (TPSA) is 61.7 Å². The summed E-state index contributed by atoms with van der Waals surface area (Å²) in [5.74, 6) is -0.951. The van der Waals surface area contributed by atoms with Crippen LogP contribution >= 0.6 is 20.7 Å². The maximum absolute atomic E-state index is 12.6. The van der Waals surface area contributed by atoms with Crippen LogP contribution in [0.5, 0.6) is 5.75 Å². The van der Waals surface area contributed by atoms with E-state index >= 15 is 0 Å². The number of carbonyl (C=O) groups is 1. The van der Waals surface area contributed by atoms with Gasteiger partial charge in [0.15, 0.2) is 0 Å². The zero-order valence-electron chi connectivity index (χ0n) is 9.78. The second-order valence-electron chi connectivity index (χ2n) is 3.70. The number of aliphatic imine (C=N–C) groups is 1. The van der Waals surface area contributed by atoms with Crippen LogP contribution in [-0.4, -0.2) is 18.7 Å². The van der Waals surface area contributed by atoms with Crippen molar-refractivity contribution in [2.75, 3.05) is 5.32 Å². The molecule has 1 amide bonds. The minimum Gasteiger partial charge on any atom is -0.506 e. The van der Waals surface area contributed by atoms with Crippen molar-refractivity contribution < 1.29 is 23.1 Å². The molecule has 1 aliphatic heterocycles. The minimum atomic E-state index is -4.54. The number of phenols is 1. The summed E-state index contributed by atoms with van der Waals surface area (Å²) in [6.07, 6.45) is -1.60. The van der Waals surface area contributed by atoms with Crippen LogP contribution in [0.25, 0.3) is 0 Å². The number of hydrogen-bond acceptors (Lipinski definition) is 3. The Morgan fingerprint density at radius 3 is 2.70 bits per heavy atom. The van der Waals surface area contributed by atoms with Gasteiger partial charge in [-0.2, -0.15) is 13.2 Å². The van der Waals surface area contributed by atoms with Gasteiger partial charge < -0.3 is 10.4 Å². The molecule has 1 aliphatic rings. The number of alkyl halides is 3. The lowest BCUT2D eigenvalue weighted by Crippen LogP contribution is -2.20. The molecule has 0 fully saturated rings. The normalized spacial score (nSPS) is 14.4. The highest BCUT2D eigenvalue weighted by Crippen LogP contribution is 2.34. The lowest BCUT2D eigenvalue weighted by Gasteiger charge is -2.11. The average molecular weight is 396 g/mol. The van der Waals surface area contributed by atoms with E-state index in [2.05, 4.69) is 10.3 Å². The van der Waals surface area contributed by atoms with Crippen LogP contribution < -0.4 is 5.32 Å². The first-order chi connectivity index (χ1) is 9.38. The van der Waals surface area contributed by atoms with Gasteiger partial charge in [0, 0.05) is 6.20 Å². The number of nitrogens with one attached hydrogen (secondary N) is 1. The summed E-state index contributed by atoms with van der Waals surface area (Å²) in [4.78, 5) is 15.7. The van der Waals surface area contributed by atoms with Gasteiger partial charge in [0.05, 0.1) is 19.0 Å². The average Bonchev–Trinajstić information content (AvgIpc) is 2.41. The lowest BCUT2D eigenvalue weighted by molar-refractivity contribution is -0.137. The van der Waals surface area contributed by atoms with Gasteiger partial charge in [0.2, 0.25) is 0 Å². The summed E-state index contributed by atoms with van der Waals surface area (Å²) in [6.45, 7) is 0. The molecule has 0 saturated carbocycles. The van der Waals surface area contributed by atoms with E-state index in [0.717, 1.165) is 12.1 Å². The van der Waals surface area contributed by atoms with E-state index < -0.39 is 44.1 Å². The van der Waals surface area contributed by atoms with Crippen LogP contribution in [0.2, 0.25) is 0 Å². The maximum atomic E-state index is 12.6. The molecule has 0 unspecified atom stereocenters. The van der Waals surface area contributed by atoms with Crippen LogP contribution in [0.4, 0.5) is 18.9 Å². The fourth-order valence-electron chi connectivity index (χ4n) is 1.38. The maximum Gasteiger partial charge on any atom is 0.416 e. The molecule has 2 N–H and O–H groups in total. The van der Waals surface area contributed by atoms with E-state index in [1.807, 2.05) is 0 Å². The number of benzene rings is 1. The van der Waals surface area contributed by atoms with E-state index in [1.54, 1.807) is 4.22 Å². The Kier molecular flexibility index (Phi) is 4.21.